The van der Waals surface area contributed by atoms with Crippen molar-refractivity contribution in [3.05, 3.63) is 169 Å². The molecule has 0 spiro atoms. The van der Waals surface area contributed by atoms with E-state index in [4.69, 9.17) is 11.6 Å². The predicted octanol–water partition coefficient (Wildman–Crippen LogP) is 11.2. The number of rotatable bonds is 4. The van der Waals surface area contributed by atoms with Gasteiger partial charge in [-0.2, -0.15) is 0 Å². The van der Waals surface area contributed by atoms with Crippen molar-refractivity contribution in [2.75, 3.05) is 0 Å². The van der Waals surface area contributed by atoms with Crippen LogP contribution in [0.25, 0.3) is 82.3 Å². The van der Waals surface area contributed by atoms with Crippen LogP contribution in [0.2, 0.25) is 0 Å². The second-order valence-electron chi connectivity index (χ2n) is 11.5. The van der Waals surface area contributed by atoms with E-state index < -0.39 is 0 Å². The lowest BCUT2D eigenvalue weighted by Crippen LogP contribution is -2.04. The Kier molecular flexibility index (Phi) is 5.84. The number of para-hydroxylation sites is 5. The van der Waals surface area contributed by atoms with Gasteiger partial charge in [0.05, 0.1) is 28.6 Å². The third-order valence-electron chi connectivity index (χ3n) is 8.95. The standard InChI is InChI=1S/C42H26N4/c1-43-36-20-7-2-15-31(36)29-14-12-13-28(25-29)30-26-41(45-37-21-8-3-16-32(37)33-17-4-9-22-38(33)45)44-42(27-30)46-39-23-10-5-18-34(39)35-19-6-11-24-40(35)46/h2-27H. The summed E-state index contributed by atoms with van der Waals surface area (Å²) in [4.78, 5) is 9.23. The summed E-state index contributed by atoms with van der Waals surface area (Å²) in [7, 11) is 0. The van der Waals surface area contributed by atoms with Crippen molar-refractivity contribution in [2.24, 2.45) is 0 Å². The van der Waals surface area contributed by atoms with Crippen molar-refractivity contribution >= 4 is 49.3 Å². The molecular weight excluding hydrogens is 560 g/mol. The van der Waals surface area contributed by atoms with Gasteiger partial charge in [0.15, 0.2) is 5.69 Å². The van der Waals surface area contributed by atoms with Crippen LogP contribution in [0.15, 0.2) is 158 Å². The van der Waals surface area contributed by atoms with E-state index in [2.05, 4.69) is 147 Å². The van der Waals surface area contributed by atoms with Crippen LogP contribution in [0.3, 0.4) is 0 Å². The summed E-state index contributed by atoms with van der Waals surface area (Å²) in [5.41, 5.74) is 9.14. The molecule has 9 rings (SSSR count). The van der Waals surface area contributed by atoms with Gasteiger partial charge in [-0.15, -0.1) is 0 Å². The fourth-order valence-electron chi connectivity index (χ4n) is 6.92. The Balaban J connectivity index is 1.37. The fraction of sp³-hybridized carbons (Fsp3) is 0. The van der Waals surface area contributed by atoms with E-state index in [9.17, 15) is 0 Å². The first-order valence-electron chi connectivity index (χ1n) is 15.3. The first-order chi connectivity index (χ1) is 22.8. The second-order valence-corrected chi connectivity index (χ2v) is 11.5. The Labute approximate surface area is 265 Å². The highest BCUT2D eigenvalue weighted by atomic mass is 15.1. The van der Waals surface area contributed by atoms with Crippen molar-refractivity contribution in [3.8, 4) is 33.9 Å². The van der Waals surface area contributed by atoms with E-state index in [1.165, 1.54) is 21.5 Å². The highest BCUT2D eigenvalue weighted by molar-refractivity contribution is 6.10. The molecule has 0 amide bonds. The number of fused-ring (bicyclic) bond motifs is 6. The van der Waals surface area contributed by atoms with Gasteiger partial charge in [-0.05, 0) is 64.7 Å². The molecule has 3 heterocycles. The summed E-state index contributed by atoms with van der Waals surface area (Å²) in [6, 6.07) is 54.8. The number of benzene rings is 6. The van der Waals surface area contributed by atoms with E-state index in [1.54, 1.807) is 0 Å². The maximum absolute atomic E-state index is 7.74. The minimum atomic E-state index is 0.645. The van der Waals surface area contributed by atoms with Crippen molar-refractivity contribution in [1.29, 1.82) is 0 Å². The van der Waals surface area contributed by atoms with Crippen molar-refractivity contribution in [1.82, 2.24) is 14.1 Å². The van der Waals surface area contributed by atoms with Crippen LogP contribution < -0.4 is 0 Å². The molecule has 4 nitrogen and oxygen atoms in total. The van der Waals surface area contributed by atoms with Crippen LogP contribution in [-0.4, -0.2) is 14.1 Å². The van der Waals surface area contributed by atoms with Gasteiger partial charge in [0.2, 0.25) is 0 Å². The van der Waals surface area contributed by atoms with Gasteiger partial charge in [0.25, 0.3) is 0 Å². The fourth-order valence-corrected chi connectivity index (χ4v) is 6.92. The van der Waals surface area contributed by atoms with Gasteiger partial charge < -0.3 is 0 Å². The maximum atomic E-state index is 7.74. The molecule has 0 atom stereocenters. The molecule has 0 fully saturated rings. The molecule has 9 aromatic rings. The molecule has 0 aliphatic rings. The van der Waals surface area contributed by atoms with Crippen molar-refractivity contribution < 1.29 is 0 Å². The van der Waals surface area contributed by atoms with Gasteiger partial charge in [-0.25, -0.2) is 9.83 Å². The smallest absolute Gasteiger partial charge is 0.194 e. The first-order valence-corrected chi connectivity index (χ1v) is 15.3. The summed E-state index contributed by atoms with van der Waals surface area (Å²) in [5, 5.41) is 4.78. The monoisotopic (exact) mass is 586 g/mol. The number of hydrogen-bond acceptors (Lipinski definition) is 1. The number of nitrogens with zero attached hydrogens (tertiary/aromatic N) is 4. The Bertz CT molecular complexity index is 2430. The molecule has 214 valence electrons. The van der Waals surface area contributed by atoms with Gasteiger partial charge in [0.1, 0.15) is 11.6 Å². The lowest BCUT2D eigenvalue weighted by atomic mass is 9.98. The maximum Gasteiger partial charge on any atom is 0.194 e. The molecule has 0 saturated carbocycles. The molecule has 0 bridgehead atoms. The predicted molar refractivity (Wildman–Crippen MR) is 190 cm³/mol. The van der Waals surface area contributed by atoms with Gasteiger partial charge in [-0.3, -0.25) is 9.13 Å². The minimum Gasteiger partial charge on any atom is -0.294 e. The van der Waals surface area contributed by atoms with Gasteiger partial charge in [0, 0.05) is 21.5 Å². The van der Waals surface area contributed by atoms with Crippen LogP contribution in [0.1, 0.15) is 0 Å². The van der Waals surface area contributed by atoms with Crippen molar-refractivity contribution in [2.45, 2.75) is 0 Å². The molecule has 4 heteroatoms. The average Bonchev–Trinajstić information content (AvgIpc) is 3.65. The van der Waals surface area contributed by atoms with Crippen LogP contribution >= 0.6 is 0 Å². The third-order valence-corrected chi connectivity index (χ3v) is 8.95. The molecule has 6 aromatic carbocycles. The van der Waals surface area contributed by atoms with Crippen LogP contribution in [0, 0.1) is 6.57 Å². The second kappa shape index (κ2) is 10.3. The Morgan fingerprint density at radius 2 is 0.848 bits per heavy atom. The quantitative estimate of drug-likeness (QED) is 0.189. The highest BCUT2D eigenvalue weighted by Gasteiger charge is 2.18. The van der Waals surface area contributed by atoms with E-state index in [-0.39, 0.29) is 0 Å². The Morgan fingerprint density at radius 3 is 1.35 bits per heavy atom. The largest absolute Gasteiger partial charge is 0.294 e. The van der Waals surface area contributed by atoms with E-state index in [0.717, 1.165) is 56.0 Å². The molecule has 0 aliphatic heterocycles. The minimum absolute atomic E-state index is 0.645. The molecule has 0 aliphatic carbocycles. The van der Waals surface area contributed by atoms with Gasteiger partial charge in [-0.1, -0.05) is 115 Å². The van der Waals surface area contributed by atoms with Crippen LogP contribution in [-0.2, 0) is 0 Å². The van der Waals surface area contributed by atoms with E-state index in [1.807, 2.05) is 24.3 Å². The SMILES string of the molecule is [C-]#[N+]c1ccccc1-c1cccc(-c2cc(-n3c4ccccc4c4ccccc43)nc(-n3c4ccccc4c4ccccc43)c2)c1. The lowest BCUT2D eigenvalue weighted by Gasteiger charge is -2.15. The van der Waals surface area contributed by atoms with E-state index in [0.29, 0.717) is 5.69 Å². The number of pyridine rings is 1. The third kappa shape index (κ3) is 3.96. The average molecular weight is 587 g/mol. The molecule has 0 saturated heterocycles. The summed E-state index contributed by atoms with van der Waals surface area (Å²) < 4.78 is 4.56. The Morgan fingerprint density at radius 1 is 0.413 bits per heavy atom. The summed E-state index contributed by atoms with van der Waals surface area (Å²) >= 11 is 0. The number of aromatic nitrogens is 3. The molecule has 46 heavy (non-hydrogen) atoms. The molecule has 3 aromatic heterocycles. The highest BCUT2D eigenvalue weighted by Crippen LogP contribution is 2.38. The summed E-state index contributed by atoms with van der Waals surface area (Å²) in [5.74, 6) is 1.69. The zero-order valence-electron chi connectivity index (χ0n) is 24.8. The molecular formula is C42H26N4. The first kappa shape index (κ1) is 26.0. The normalized spacial score (nSPS) is 11.5. The molecule has 0 unspecified atom stereocenters. The summed E-state index contributed by atoms with van der Waals surface area (Å²) in [6.07, 6.45) is 0. The summed E-state index contributed by atoms with van der Waals surface area (Å²) in [6.45, 7) is 7.74. The van der Waals surface area contributed by atoms with Crippen LogP contribution in [0.5, 0.6) is 0 Å². The lowest BCUT2D eigenvalue weighted by molar-refractivity contribution is 1.01. The van der Waals surface area contributed by atoms with Crippen molar-refractivity contribution in [3.63, 3.8) is 0 Å². The zero-order chi connectivity index (χ0) is 30.6. The van der Waals surface area contributed by atoms with E-state index >= 15 is 0 Å². The number of hydrogen-bond donors (Lipinski definition) is 0. The Hall–Kier alpha value is -6.44. The van der Waals surface area contributed by atoms with Crippen LogP contribution in [0.4, 0.5) is 5.69 Å². The zero-order valence-corrected chi connectivity index (χ0v) is 24.8. The molecule has 0 radical (unpaired) electrons. The molecule has 0 N–H and O–H groups in total. The topological polar surface area (TPSA) is 27.1 Å². The van der Waals surface area contributed by atoms with Gasteiger partial charge >= 0.3 is 0 Å².